The number of aromatic hydroxyl groups is 1. The van der Waals surface area contributed by atoms with Crippen molar-refractivity contribution in [2.45, 2.75) is 0 Å². The van der Waals surface area contributed by atoms with Crippen LogP contribution >= 0.6 is 0 Å². The van der Waals surface area contributed by atoms with E-state index in [2.05, 4.69) is 0 Å². The van der Waals surface area contributed by atoms with Crippen LogP contribution in [0.25, 0.3) is 0 Å². The molecule has 0 saturated heterocycles. The Kier molecular flexibility index (Phi) is 2.32. The monoisotopic (exact) mass is 201 g/mol. The molecule has 0 fully saturated rings. The molecule has 1 aromatic rings. The highest BCUT2D eigenvalue weighted by Crippen LogP contribution is 2.26. The molecule has 0 heterocycles. The third kappa shape index (κ3) is 1.60. The molecule has 0 aliphatic heterocycles. The Morgan fingerprint density at radius 2 is 2.07 bits per heavy atom. The van der Waals surface area contributed by atoms with E-state index >= 15 is 0 Å². The summed E-state index contributed by atoms with van der Waals surface area (Å²) in [7, 11) is 0. The van der Waals surface area contributed by atoms with Crippen LogP contribution in [-0.2, 0) is 0 Å². The van der Waals surface area contributed by atoms with Gasteiger partial charge in [-0.1, -0.05) is 0 Å². The molecule has 7 heteroatoms. The molecule has 74 valence electrons. The highest BCUT2D eigenvalue weighted by atomic mass is 19.1. The third-order valence-electron chi connectivity index (χ3n) is 1.49. The first-order chi connectivity index (χ1) is 6.43. The number of hydrogen-bond acceptors (Lipinski definition) is 4. The molecule has 0 spiro atoms. The SMILES string of the molecule is O=C(O)c1cc([N+](=O)[O-])c(F)cc1O. The summed E-state index contributed by atoms with van der Waals surface area (Å²) >= 11 is 0. The van der Waals surface area contributed by atoms with E-state index in [1.54, 1.807) is 0 Å². The fraction of sp³-hybridized carbons (Fsp3) is 0. The van der Waals surface area contributed by atoms with Gasteiger partial charge in [0.15, 0.2) is 0 Å². The van der Waals surface area contributed by atoms with Crippen LogP contribution in [0.5, 0.6) is 5.75 Å². The van der Waals surface area contributed by atoms with Crippen LogP contribution in [0.15, 0.2) is 12.1 Å². The number of carbonyl (C=O) groups is 1. The fourth-order valence-electron chi connectivity index (χ4n) is 0.863. The Morgan fingerprint density at radius 1 is 1.50 bits per heavy atom. The number of hydrogen-bond donors (Lipinski definition) is 2. The Bertz CT molecular complexity index is 382. The lowest BCUT2D eigenvalue weighted by Crippen LogP contribution is -2.00. The lowest BCUT2D eigenvalue weighted by molar-refractivity contribution is -0.387. The Labute approximate surface area is 76.4 Å². The standard InChI is InChI=1S/C7H4FNO5/c8-4-2-6(10)3(7(11)12)1-5(4)9(13)14/h1-2,10H,(H,11,12). The number of carboxylic acid groups (broad SMARTS) is 1. The second kappa shape index (κ2) is 3.29. The van der Waals surface area contributed by atoms with Gasteiger partial charge in [-0.3, -0.25) is 10.1 Å². The Morgan fingerprint density at radius 3 is 2.50 bits per heavy atom. The van der Waals surface area contributed by atoms with E-state index in [0.717, 1.165) is 0 Å². The van der Waals surface area contributed by atoms with Crippen molar-refractivity contribution in [3.05, 3.63) is 33.6 Å². The number of phenols is 1. The summed E-state index contributed by atoms with van der Waals surface area (Å²) in [5.41, 5.74) is -1.70. The van der Waals surface area contributed by atoms with Gasteiger partial charge in [-0.25, -0.2) is 4.79 Å². The van der Waals surface area contributed by atoms with Gasteiger partial charge in [0.2, 0.25) is 5.82 Å². The van der Waals surface area contributed by atoms with Crippen molar-refractivity contribution in [3.8, 4) is 5.75 Å². The zero-order valence-corrected chi connectivity index (χ0v) is 6.60. The van der Waals surface area contributed by atoms with Crippen molar-refractivity contribution in [3.63, 3.8) is 0 Å². The molecule has 0 radical (unpaired) electrons. The summed E-state index contributed by atoms with van der Waals surface area (Å²) < 4.78 is 12.8. The van der Waals surface area contributed by atoms with Gasteiger partial charge in [0.1, 0.15) is 11.3 Å². The van der Waals surface area contributed by atoms with Crippen molar-refractivity contribution in [2.24, 2.45) is 0 Å². The van der Waals surface area contributed by atoms with Crippen molar-refractivity contribution >= 4 is 11.7 Å². The van der Waals surface area contributed by atoms with E-state index in [-0.39, 0.29) is 0 Å². The zero-order valence-electron chi connectivity index (χ0n) is 6.60. The number of nitro benzene ring substituents is 1. The van der Waals surface area contributed by atoms with Crippen molar-refractivity contribution < 1.29 is 24.3 Å². The van der Waals surface area contributed by atoms with Gasteiger partial charge in [0.25, 0.3) is 0 Å². The van der Waals surface area contributed by atoms with Crippen LogP contribution in [0.2, 0.25) is 0 Å². The number of nitrogens with zero attached hydrogens (tertiary/aromatic N) is 1. The number of nitro groups is 1. The highest BCUT2D eigenvalue weighted by Gasteiger charge is 2.21. The summed E-state index contributed by atoms with van der Waals surface area (Å²) in [6.07, 6.45) is 0. The maximum absolute atomic E-state index is 12.8. The molecular formula is C7H4FNO5. The molecule has 0 bridgehead atoms. The van der Waals surface area contributed by atoms with Gasteiger partial charge in [0, 0.05) is 12.1 Å². The first kappa shape index (κ1) is 9.90. The van der Waals surface area contributed by atoms with Crippen LogP contribution in [0, 0.1) is 15.9 Å². The minimum Gasteiger partial charge on any atom is -0.507 e. The Balaban J connectivity index is 3.42. The van der Waals surface area contributed by atoms with Gasteiger partial charge in [0.05, 0.1) is 4.92 Å². The van der Waals surface area contributed by atoms with Crippen LogP contribution in [0.4, 0.5) is 10.1 Å². The molecule has 14 heavy (non-hydrogen) atoms. The molecule has 1 rings (SSSR count). The summed E-state index contributed by atoms with van der Waals surface area (Å²) in [5.74, 6) is -3.69. The quantitative estimate of drug-likeness (QED) is 0.551. The van der Waals surface area contributed by atoms with Gasteiger partial charge < -0.3 is 10.2 Å². The predicted octanol–water partition coefficient (Wildman–Crippen LogP) is 1.14. The molecule has 0 unspecified atom stereocenters. The molecule has 0 saturated carbocycles. The van der Waals surface area contributed by atoms with Gasteiger partial charge in [-0.15, -0.1) is 0 Å². The van der Waals surface area contributed by atoms with Gasteiger partial charge in [-0.2, -0.15) is 4.39 Å². The summed E-state index contributed by atoms with van der Waals surface area (Å²) in [4.78, 5) is 19.5. The third-order valence-corrected chi connectivity index (χ3v) is 1.49. The average Bonchev–Trinajstić information content (AvgIpc) is 2.02. The van der Waals surface area contributed by atoms with Crippen LogP contribution in [-0.4, -0.2) is 21.1 Å². The molecule has 0 atom stereocenters. The fourth-order valence-corrected chi connectivity index (χ4v) is 0.863. The molecule has 0 aliphatic carbocycles. The number of halogens is 1. The van der Waals surface area contributed by atoms with E-state index in [4.69, 9.17) is 10.2 Å². The molecular weight excluding hydrogens is 197 g/mol. The first-order valence-corrected chi connectivity index (χ1v) is 3.33. The molecule has 0 aliphatic rings. The summed E-state index contributed by atoms with van der Waals surface area (Å²) in [6, 6.07) is 0.856. The summed E-state index contributed by atoms with van der Waals surface area (Å²) in [5, 5.41) is 27.6. The molecule has 2 N–H and O–H groups in total. The molecule has 0 amide bonds. The van der Waals surface area contributed by atoms with Crippen molar-refractivity contribution in [1.82, 2.24) is 0 Å². The smallest absolute Gasteiger partial charge is 0.339 e. The predicted molar refractivity (Wildman–Crippen MR) is 41.7 cm³/mol. The molecule has 6 nitrogen and oxygen atoms in total. The topological polar surface area (TPSA) is 101 Å². The second-order valence-electron chi connectivity index (χ2n) is 2.38. The molecule has 0 aromatic heterocycles. The van der Waals surface area contributed by atoms with E-state index in [0.29, 0.717) is 12.1 Å². The lowest BCUT2D eigenvalue weighted by atomic mass is 10.1. The van der Waals surface area contributed by atoms with Crippen molar-refractivity contribution in [1.29, 1.82) is 0 Å². The van der Waals surface area contributed by atoms with Gasteiger partial charge >= 0.3 is 11.7 Å². The number of carboxylic acids is 1. The normalized spacial score (nSPS) is 9.79. The minimum atomic E-state index is -1.56. The number of aromatic carboxylic acids is 1. The van der Waals surface area contributed by atoms with Crippen molar-refractivity contribution in [2.75, 3.05) is 0 Å². The van der Waals surface area contributed by atoms with E-state index < -0.39 is 33.7 Å². The molecule has 1 aromatic carbocycles. The van der Waals surface area contributed by atoms with E-state index in [1.807, 2.05) is 0 Å². The van der Waals surface area contributed by atoms with Crippen LogP contribution in [0.3, 0.4) is 0 Å². The number of benzene rings is 1. The number of rotatable bonds is 2. The van der Waals surface area contributed by atoms with Crippen LogP contribution in [0.1, 0.15) is 10.4 Å². The minimum absolute atomic E-state index is 0.390. The van der Waals surface area contributed by atoms with E-state index in [1.165, 1.54) is 0 Å². The van der Waals surface area contributed by atoms with E-state index in [9.17, 15) is 19.3 Å². The Hall–Kier alpha value is -2.18. The average molecular weight is 201 g/mol. The maximum Gasteiger partial charge on any atom is 0.339 e. The second-order valence-corrected chi connectivity index (χ2v) is 2.38. The van der Waals surface area contributed by atoms with Gasteiger partial charge in [-0.05, 0) is 0 Å². The van der Waals surface area contributed by atoms with Crippen LogP contribution < -0.4 is 0 Å². The maximum atomic E-state index is 12.8. The largest absolute Gasteiger partial charge is 0.507 e. The first-order valence-electron chi connectivity index (χ1n) is 3.33. The zero-order chi connectivity index (χ0) is 10.9. The summed E-state index contributed by atoms with van der Waals surface area (Å²) in [6.45, 7) is 0. The lowest BCUT2D eigenvalue weighted by Gasteiger charge is -1.99. The highest BCUT2D eigenvalue weighted by molar-refractivity contribution is 5.91.